The lowest BCUT2D eigenvalue weighted by Crippen LogP contribution is -2.34. The largest absolute Gasteiger partial charge is 0.398 e. The predicted octanol–water partition coefficient (Wildman–Crippen LogP) is 2.00. The van der Waals surface area contributed by atoms with Gasteiger partial charge < -0.3 is 10.5 Å². The minimum absolute atomic E-state index is 0.242. The Bertz CT molecular complexity index is 546. The van der Waals surface area contributed by atoms with Crippen LogP contribution in [-0.2, 0) is 14.8 Å². The first-order chi connectivity index (χ1) is 8.84. The molecule has 1 aromatic rings. The standard InChI is InChI=1S/C12H19BrN2O3S/c1-4-15(5-6-18-3)19(16,17)12-8-11(14)10(13)7-9(12)2/h7-8H,4-6,14H2,1-3H3. The number of benzene rings is 1. The van der Waals surface area contributed by atoms with Crippen molar-refractivity contribution in [1.29, 1.82) is 0 Å². The second kappa shape index (κ2) is 6.69. The van der Waals surface area contributed by atoms with Crippen LogP contribution < -0.4 is 5.73 Å². The van der Waals surface area contributed by atoms with Crippen molar-refractivity contribution in [3.63, 3.8) is 0 Å². The molecule has 19 heavy (non-hydrogen) atoms. The summed E-state index contributed by atoms with van der Waals surface area (Å²) in [5.41, 5.74) is 6.85. The molecule has 0 aliphatic carbocycles. The lowest BCUT2D eigenvalue weighted by atomic mass is 10.2. The molecule has 0 radical (unpaired) electrons. The molecule has 1 rings (SSSR count). The van der Waals surface area contributed by atoms with Crippen molar-refractivity contribution in [3.8, 4) is 0 Å². The highest BCUT2D eigenvalue weighted by Gasteiger charge is 2.25. The highest BCUT2D eigenvalue weighted by molar-refractivity contribution is 9.10. The van der Waals surface area contributed by atoms with Crippen LogP contribution in [0.1, 0.15) is 12.5 Å². The third-order valence-electron chi connectivity index (χ3n) is 2.81. The van der Waals surface area contributed by atoms with Crippen LogP contribution in [-0.4, -0.2) is 39.5 Å². The molecule has 0 aliphatic heterocycles. The number of halogens is 1. The van der Waals surface area contributed by atoms with Crippen LogP contribution >= 0.6 is 15.9 Å². The van der Waals surface area contributed by atoms with Gasteiger partial charge in [-0.05, 0) is 40.5 Å². The molecule has 0 aliphatic rings. The molecule has 0 unspecified atom stereocenters. The molecule has 0 spiro atoms. The third kappa shape index (κ3) is 3.68. The summed E-state index contributed by atoms with van der Waals surface area (Å²) in [5.74, 6) is 0. The molecule has 0 bridgehead atoms. The van der Waals surface area contributed by atoms with Crippen LogP contribution in [0.5, 0.6) is 0 Å². The molecule has 7 heteroatoms. The van der Waals surface area contributed by atoms with Crippen LogP contribution in [0.15, 0.2) is 21.5 Å². The lowest BCUT2D eigenvalue weighted by Gasteiger charge is -2.21. The number of methoxy groups -OCH3 is 1. The number of nitrogens with zero attached hydrogens (tertiary/aromatic N) is 1. The summed E-state index contributed by atoms with van der Waals surface area (Å²) in [5, 5.41) is 0. The number of nitrogen functional groups attached to an aromatic ring is 1. The summed E-state index contributed by atoms with van der Waals surface area (Å²) in [6.45, 7) is 4.62. The smallest absolute Gasteiger partial charge is 0.243 e. The maximum atomic E-state index is 12.6. The zero-order valence-electron chi connectivity index (χ0n) is 11.3. The molecule has 0 aromatic heterocycles. The zero-order chi connectivity index (χ0) is 14.6. The number of nitrogens with two attached hydrogens (primary N) is 1. The highest BCUT2D eigenvalue weighted by atomic mass is 79.9. The molecule has 5 nitrogen and oxygen atoms in total. The Hall–Kier alpha value is -0.630. The normalized spacial score (nSPS) is 12.1. The first-order valence-electron chi connectivity index (χ1n) is 5.89. The second-order valence-corrected chi connectivity index (χ2v) is 6.89. The fraction of sp³-hybridized carbons (Fsp3) is 0.500. The summed E-state index contributed by atoms with van der Waals surface area (Å²) in [6.07, 6.45) is 0. The predicted molar refractivity (Wildman–Crippen MR) is 79.6 cm³/mol. The molecule has 0 saturated heterocycles. The first kappa shape index (κ1) is 16.4. The fourth-order valence-corrected chi connectivity index (χ4v) is 3.86. The fourth-order valence-electron chi connectivity index (χ4n) is 1.73. The Morgan fingerprint density at radius 2 is 2.05 bits per heavy atom. The van der Waals surface area contributed by atoms with Gasteiger partial charge in [-0.2, -0.15) is 4.31 Å². The quantitative estimate of drug-likeness (QED) is 0.796. The minimum Gasteiger partial charge on any atom is -0.398 e. The number of aryl methyl sites for hydroxylation is 1. The Labute approximate surface area is 122 Å². The molecule has 0 atom stereocenters. The number of anilines is 1. The SMILES string of the molecule is CCN(CCOC)S(=O)(=O)c1cc(N)c(Br)cc1C. The average Bonchev–Trinajstić information content (AvgIpc) is 2.34. The highest BCUT2D eigenvalue weighted by Crippen LogP contribution is 2.28. The van der Waals surface area contributed by atoms with Gasteiger partial charge in [0.2, 0.25) is 10.0 Å². The van der Waals surface area contributed by atoms with Crippen LogP contribution in [0.2, 0.25) is 0 Å². The summed E-state index contributed by atoms with van der Waals surface area (Å²) in [7, 11) is -2.00. The number of hydrogen-bond acceptors (Lipinski definition) is 4. The van der Waals surface area contributed by atoms with Crippen molar-refractivity contribution < 1.29 is 13.2 Å². The maximum Gasteiger partial charge on any atom is 0.243 e. The lowest BCUT2D eigenvalue weighted by molar-refractivity contribution is 0.180. The molecule has 0 heterocycles. The van der Waals surface area contributed by atoms with E-state index in [1.807, 2.05) is 0 Å². The first-order valence-corrected chi connectivity index (χ1v) is 8.12. The molecule has 0 amide bonds. The third-order valence-corrected chi connectivity index (χ3v) is 5.61. The number of likely N-dealkylation sites (N-methyl/N-ethyl adjacent to an activating group) is 1. The molecule has 0 saturated carbocycles. The van der Waals surface area contributed by atoms with Crippen LogP contribution in [0, 0.1) is 6.92 Å². The number of rotatable bonds is 6. The minimum atomic E-state index is -3.54. The summed E-state index contributed by atoms with van der Waals surface area (Å²) in [4.78, 5) is 0.242. The van der Waals surface area contributed by atoms with Gasteiger partial charge in [-0.25, -0.2) is 8.42 Å². The maximum absolute atomic E-state index is 12.6. The van der Waals surface area contributed by atoms with E-state index in [0.717, 1.165) is 0 Å². The van der Waals surface area contributed by atoms with E-state index in [1.165, 1.54) is 10.4 Å². The molecular formula is C12H19BrN2O3S. The van der Waals surface area contributed by atoms with Crippen molar-refractivity contribution in [1.82, 2.24) is 4.31 Å². The van der Waals surface area contributed by atoms with Gasteiger partial charge in [-0.15, -0.1) is 0 Å². The van der Waals surface area contributed by atoms with Crippen molar-refractivity contribution >= 4 is 31.6 Å². The Morgan fingerprint density at radius 1 is 1.42 bits per heavy atom. The van der Waals surface area contributed by atoms with E-state index >= 15 is 0 Å². The van der Waals surface area contributed by atoms with Gasteiger partial charge in [0.15, 0.2) is 0 Å². The van der Waals surface area contributed by atoms with E-state index in [1.54, 1.807) is 27.0 Å². The van der Waals surface area contributed by atoms with Gasteiger partial charge >= 0.3 is 0 Å². The zero-order valence-corrected chi connectivity index (χ0v) is 13.7. The van der Waals surface area contributed by atoms with E-state index in [2.05, 4.69) is 15.9 Å². The van der Waals surface area contributed by atoms with Crippen molar-refractivity contribution in [3.05, 3.63) is 22.2 Å². The van der Waals surface area contributed by atoms with Crippen molar-refractivity contribution in [2.24, 2.45) is 0 Å². The van der Waals surface area contributed by atoms with E-state index in [0.29, 0.717) is 35.4 Å². The molecular weight excluding hydrogens is 332 g/mol. The molecule has 108 valence electrons. The van der Waals surface area contributed by atoms with Gasteiger partial charge in [-0.1, -0.05) is 6.92 Å². The van der Waals surface area contributed by atoms with Gasteiger partial charge in [0.1, 0.15) is 0 Å². The Balaban J connectivity index is 3.22. The Kier molecular flexibility index (Phi) is 5.79. The summed E-state index contributed by atoms with van der Waals surface area (Å²) >= 11 is 3.29. The van der Waals surface area contributed by atoms with Crippen molar-refractivity contribution in [2.75, 3.05) is 32.5 Å². The number of hydrogen-bond donors (Lipinski definition) is 1. The monoisotopic (exact) mass is 350 g/mol. The van der Waals surface area contributed by atoms with Gasteiger partial charge in [0.05, 0.1) is 11.5 Å². The molecule has 1 aromatic carbocycles. The molecule has 0 fully saturated rings. The van der Waals surface area contributed by atoms with Crippen LogP contribution in [0.25, 0.3) is 0 Å². The van der Waals surface area contributed by atoms with E-state index in [4.69, 9.17) is 10.5 Å². The number of ether oxygens (including phenoxy) is 1. The van der Waals surface area contributed by atoms with E-state index in [-0.39, 0.29) is 4.90 Å². The van der Waals surface area contributed by atoms with E-state index < -0.39 is 10.0 Å². The Morgan fingerprint density at radius 3 is 2.58 bits per heavy atom. The van der Waals surface area contributed by atoms with E-state index in [9.17, 15) is 8.42 Å². The van der Waals surface area contributed by atoms with Gasteiger partial charge in [-0.3, -0.25) is 0 Å². The second-order valence-electron chi connectivity index (χ2n) is 4.13. The molecule has 2 N–H and O–H groups in total. The van der Waals surface area contributed by atoms with Gasteiger partial charge in [0.25, 0.3) is 0 Å². The summed E-state index contributed by atoms with van der Waals surface area (Å²) in [6, 6.07) is 3.20. The average molecular weight is 351 g/mol. The van der Waals surface area contributed by atoms with Crippen molar-refractivity contribution in [2.45, 2.75) is 18.7 Å². The summed E-state index contributed by atoms with van der Waals surface area (Å²) < 4.78 is 32.1. The number of sulfonamides is 1. The van der Waals surface area contributed by atoms with Gasteiger partial charge in [0, 0.05) is 30.4 Å². The topological polar surface area (TPSA) is 72.6 Å². The van der Waals surface area contributed by atoms with Crippen LogP contribution in [0.4, 0.5) is 5.69 Å². The van der Waals surface area contributed by atoms with Crippen LogP contribution in [0.3, 0.4) is 0 Å².